The maximum atomic E-state index is 12.5. The average Bonchev–Trinajstić information content (AvgIpc) is 3.24. The minimum atomic E-state index is -0.127. The number of hydrogen-bond acceptors (Lipinski definition) is 6. The number of pyridine rings is 2. The number of benzene rings is 1. The van der Waals surface area contributed by atoms with Crippen LogP contribution in [0.5, 0.6) is 0 Å². The molecule has 5 aromatic rings. The van der Waals surface area contributed by atoms with Crippen molar-refractivity contribution in [1.82, 2.24) is 29.1 Å². The molecule has 4 heterocycles. The molecule has 7 nitrogen and oxygen atoms in total. The Morgan fingerprint density at radius 2 is 1.91 bits per heavy atom. The van der Waals surface area contributed by atoms with Gasteiger partial charge in [-0.3, -0.25) is 18.7 Å². The van der Waals surface area contributed by atoms with Crippen molar-refractivity contribution < 1.29 is 0 Å². The van der Waals surface area contributed by atoms with Crippen LogP contribution in [0.25, 0.3) is 22.7 Å². The molecule has 10 heteroatoms. The van der Waals surface area contributed by atoms with Crippen molar-refractivity contribution in [2.45, 2.75) is 17.8 Å². The predicted molar refractivity (Wildman–Crippen MR) is 130 cm³/mol. The fourth-order valence-corrected chi connectivity index (χ4v) is 4.51. The van der Waals surface area contributed by atoms with Crippen LogP contribution in [-0.2, 0) is 5.75 Å². The number of nitrogens with zero attached hydrogens (tertiary/aromatic N) is 6. The number of rotatable bonds is 5. The average molecular weight is 495 g/mol. The molecule has 0 bridgehead atoms. The maximum absolute atomic E-state index is 12.5. The van der Waals surface area contributed by atoms with E-state index in [4.69, 9.17) is 23.2 Å². The van der Waals surface area contributed by atoms with E-state index >= 15 is 0 Å². The van der Waals surface area contributed by atoms with Crippen LogP contribution < -0.4 is 5.56 Å². The summed E-state index contributed by atoms with van der Waals surface area (Å²) >= 11 is 13.8. The highest BCUT2D eigenvalue weighted by atomic mass is 35.5. The second-order valence-corrected chi connectivity index (χ2v) is 9.05. The van der Waals surface area contributed by atoms with Gasteiger partial charge in [0.1, 0.15) is 5.65 Å². The molecule has 0 saturated heterocycles. The Morgan fingerprint density at radius 1 is 1.03 bits per heavy atom. The van der Waals surface area contributed by atoms with Crippen LogP contribution in [0, 0.1) is 6.92 Å². The smallest absolute Gasteiger partial charge is 0.258 e. The first-order valence-corrected chi connectivity index (χ1v) is 11.7. The normalized spacial score (nSPS) is 11.2. The summed E-state index contributed by atoms with van der Waals surface area (Å²) in [5.74, 6) is 1.05. The van der Waals surface area contributed by atoms with Gasteiger partial charge in [-0.05, 0) is 55.0 Å². The molecule has 0 saturated carbocycles. The Labute approximate surface area is 203 Å². The van der Waals surface area contributed by atoms with E-state index in [1.54, 1.807) is 30.7 Å². The fourth-order valence-electron chi connectivity index (χ4n) is 3.37. The Bertz CT molecular complexity index is 1530. The molecule has 0 aliphatic rings. The fraction of sp³-hybridized carbons (Fsp3) is 0.0870. The van der Waals surface area contributed by atoms with Crippen LogP contribution in [0.2, 0.25) is 10.0 Å². The molecule has 0 aliphatic heterocycles. The van der Waals surface area contributed by atoms with E-state index in [-0.39, 0.29) is 5.56 Å². The third kappa shape index (κ3) is 4.37. The van der Waals surface area contributed by atoms with Crippen molar-refractivity contribution in [2.75, 3.05) is 0 Å². The lowest BCUT2D eigenvalue weighted by Gasteiger charge is -2.11. The summed E-state index contributed by atoms with van der Waals surface area (Å²) in [7, 11) is 0. The van der Waals surface area contributed by atoms with E-state index in [0.717, 1.165) is 16.8 Å². The highest BCUT2D eigenvalue weighted by molar-refractivity contribution is 7.98. The molecule has 0 radical (unpaired) electrons. The van der Waals surface area contributed by atoms with Gasteiger partial charge in [0.15, 0.2) is 11.0 Å². The van der Waals surface area contributed by atoms with Crippen LogP contribution in [0.4, 0.5) is 0 Å². The van der Waals surface area contributed by atoms with E-state index in [1.807, 2.05) is 41.8 Å². The summed E-state index contributed by atoms with van der Waals surface area (Å²) in [5.41, 5.74) is 3.74. The summed E-state index contributed by atoms with van der Waals surface area (Å²) in [6.45, 7) is 1.97. The zero-order valence-electron chi connectivity index (χ0n) is 17.3. The highest BCUT2D eigenvalue weighted by Gasteiger charge is 2.18. The Morgan fingerprint density at radius 3 is 2.70 bits per heavy atom. The van der Waals surface area contributed by atoms with Crippen molar-refractivity contribution in [3.63, 3.8) is 0 Å². The molecule has 0 fully saturated rings. The summed E-state index contributed by atoms with van der Waals surface area (Å²) in [5, 5.41) is 10.3. The molecule has 0 amide bonds. The molecule has 0 N–H and O–H groups in total. The van der Waals surface area contributed by atoms with Crippen molar-refractivity contribution in [3.05, 3.63) is 98.8 Å². The molecule has 1 aromatic carbocycles. The zero-order valence-corrected chi connectivity index (χ0v) is 19.6. The van der Waals surface area contributed by atoms with Gasteiger partial charge in [0.2, 0.25) is 0 Å². The minimum absolute atomic E-state index is 0.127. The van der Waals surface area contributed by atoms with Gasteiger partial charge in [-0.15, -0.1) is 10.2 Å². The van der Waals surface area contributed by atoms with Gasteiger partial charge in [0, 0.05) is 36.0 Å². The van der Waals surface area contributed by atoms with Crippen LogP contribution in [0.3, 0.4) is 0 Å². The van der Waals surface area contributed by atoms with E-state index < -0.39 is 0 Å². The van der Waals surface area contributed by atoms with Crippen LogP contribution >= 0.6 is 35.0 Å². The molecule has 164 valence electrons. The molecule has 0 unspecified atom stereocenters. The largest absolute Gasteiger partial charge is 0.270 e. The highest BCUT2D eigenvalue weighted by Crippen LogP contribution is 2.32. The summed E-state index contributed by atoms with van der Waals surface area (Å²) < 4.78 is 3.42. The summed E-state index contributed by atoms with van der Waals surface area (Å²) in [6.07, 6.45) is 5.16. The lowest BCUT2D eigenvalue weighted by atomic mass is 10.2. The van der Waals surface area contributed by atoms with E-state index in [9.17, 15) is 4.79 Å². The van der Waals surface area contributed by atoms with Gasteiger partial charge >= 0.3 is 0 Å². The van der Waals surface area contributed by atoms with Gasteiger partial charge in [-0.25, -0.2) is 4.98 Å². The van der Waals surface area contributed by atoms with Gasteiger partial charge in [0.25, 0.3) is 5.56 Å². The molecule has 4 aromatic heterocycles. The Hall–Kier alpha value is -3.20. The second kappa shape index (κ2) is 8.97. The SMILES string of the molecule is Cc1ccn2c(=O)cc(CSc3nnc(-c4cccnc4)n3-c3ccc(Cl)c(Cl)c3)nc2c1. The van der Waals surface area contributed by atoms with E-state index in [1.165, 1.54) is 22.2 Å². The standard InChI is InChI=1S/C23H16Cl2N6OS/c1-14-6-8-30-20(9-14)27-16(10-21(30)32)13-33-23-29-28-22(15-3-2-7-26-12-15)31(23)17-4-5-18(24)19(25)11-17/h2-12H,13H2,1H3. The first-order valence-electron chi connectivity index (χ1n) is 9.92. The lowest BCUT2D eigenvalue weighted by molar-refractivity contribution is 0.884. The minimum Gasteiger partial charge on any atom is -0.270 e. The number of halogens is 2. The van der Waals surface area contributed by atoms with Crippen molar-refractivity contribution in [1.29, 1.82) is 0 Å². The number of aromatic nitrogens is 6. The number of hydrogen-bond donors (Lipinski definition) is 0. The van der Waals surface area contributed by atoms with Crippen molar-refractivity contribution in [2.24, 2.45) is 0 Å². The molecule has 33 heavy (non-hydrogen) atoms. The molecule has 0 aliphatic carbocycles. The predicted octanol–water partition coefficient (Wildman–Crippen LogP) is 5.24. The summed E-state index contributed by atoms with van der Waals surface area (Å²) in [4.78, 5) is 21.4. The monoisotopic (exact) mass is 494 g/mol. The molecule has 5 rings (SSSR count). The van der Waals surface area contributed by atoms with Gasteiger partial charge in [-0.1, -0.05) is 35.0 Å². The Balaban J connectivity index is 1.55. The Kier molecular flexibility index (Phi) is 5.88. The second-order valence-electron chi connectivity index (χ2n) is 7.29. The van der Waals surface area contributed by atoms with Crippen LogP contribution in [0.1, 0.15) is 11.3 Å². The third-order valence-corrected chi connectivity index (χ3v) is 6.64. The summed E-state index contributed by atoms with van der Waals surface area (Å²) in [6, 6.07) is 14.4. The number of fused-ring (bicyclic) bond motifs is 1. The molecule has 0 atom stereocenters. The van der Waals surface area contributed by atoms with E-state index in [2.05, 4.69) is 20.2 Å². The van der Waals surface area contributed by atoms with Crippen LogP contribution in [0.15, 0.2) is 77.1 Å². The quantitative estimate of drug-likeness (QED) is 0.310. The molecular formula is C23H16Cl2N6OS. The topological polar surface area (TPSA) is 78.0 Å². The first kappa shape index (κ1) is 21.6. The van der Waals surface area contributed by atoms with Gasteiger partial charge < -0.3 is 0 Å². The van der Waals surface area contributed by atoms with Crippen molar-refractivity contribution in [3.8, 4) is 17.1 Å². The molecular weight excluding hydrogens is 479 g/mol. The van der Waals surface area contributed by atoms with Gasteiger partial charge in [-0.2, -0.15) is 0 Å². The number of aryl methyl sites for hydroxylation is 1. The van der Waals surface area contributed by atoms with Crippen molar-refractivity contribution >= 4 is 40.6 Å². The van der Waals surface area contributed by atoms with Gasteiger partial charge in [0.05, 0.1) is 21.4 Å². The maximum Gasteiger partial charge on any atom is 0.258 e. The van der Waals surface area contributed by atoms with E-state index in [0.29, 0.717) is 38.1 Å². The molecule has 0 spiro atoms. The van der Waals surface area contributed by atoms with Crippen LogP contribution in [-0.4, -0.2) is 29.1 Å². The lowest BCUT2D eigenvalue weighted by Crippen LogP contribution is -2.15. The zero-order chi connectivity index (χ0) is 22.9. The number of thioether (sulfide) groups is 1. The third-order valence-electron chi connectivity index (χ3n) is 4.94. The first-order chi connectivity index (χ1) is 16.0.